The quantitative estimate of drug-likeness (QED) is 0.428. The van der Waals surface area contributed by atoms with Crippen LogP contribution in [0.5, 0.6) is 0 Å². The van der Waals surface area contributed by atoms with E-state index < -0.39 is 0 Å². The summed E-state index contributed by atoms with van der Waals surface area (Å²) in [5.74, 6) is -0.0724. The van der Waals surface area contributed by atoms with Gasteiger partial charge in [-0.05, 0) is 73.7 Å². The van der Waals surface area contributed by atoms with Crippen LogP contribution >= 0.6 is 0 Å². The highest BCUT2D eigenvalue weighted by Crippen LogP contribution is 2.49. The van der Waals surface area contributed by atoms with E-state index in [1.165, 1.54) is 17.7 Å². The summed E-state index contributed by atoms with van der Waals surface area (Å²) in [7, 11) is 5.28. The Morgan fingerprint density at radius 2 is 1.56 bits per heavy atom. The first-order chi connectivity index (χ1) is 19.7. The van der Waals surface area contributed by atoms with Crippen molar-refractivity contribution in [1.29, 1.82) is 0 Å². The fraction of sp³-hybridized carbons (Fsp3) is 0.406. The Kier molecular flexibility index (Phi) is 8.17. The average Bonchev–Trinajstić information content (AvgIpc) is 3.39. The van der Waals surface area contributed by atoms with Crippen molar-refractivity contribution in [3.63, 3.8) is 0 Å². The predicted molar refractivity (Wildman–Crippen MR) is 160 cm³/mol. The maximum atomic E-state index is 13.3. The zero-order valence-corrected chi connectivity index (χ0v) is 24.4. The highest BCUT2D eigenvalue weighted by Gasteiger charge is 2.48. The van der Waals surface area contributed by atoms with Crippen LogP contribution in [0.1, 0.15) is 63.9 Å². The van der Waals surface area contributed by atoms with Crippen molar-refractivity contribution in [2.75, 3.05) is 39.5 Å². The molecule has 2 N–H and O–H groups in total. The van der Waals surface area contributed by atoms with Crippen LogP contribution in [0, 0.1) is 0 Å². The highest BCUT2D eigenvalue weighted by atomic mass is 16.2. The molecule has 0 bridgehead atoms. The van der Waals surface area contributed by atoms with Crippen molar-refractivity contribution < 1.29 is 14.4 Å². The molecule has 216 valence electrons. The van der Waals surface area contributed by atoms with E-state index in [2.05, 4.69) is 38.3 Å². The molecule has 1 spiro atoms. The fourth-order valence-corrected chi connectivity index (χ4v) is 5.80. The third-order valence-corrected chi connectivity index (χ3v) is 8.53. The summed E-state index contributed by atoms with van der Waals surface area (Å²) in [6.45, 7) is 5.39. The number of nitrogens with zero attached hydrogens (tertiary/aromatic N) is 4. The molecule has 1 aliphatic carbocycles. The monoisotopic (exact) mass is 556 g/mol. The fourth-order valence-electron chi connectivity index (χ4n) is 5.80. The van der Waals surface area contributed by atoms with E-state index in [0.29, 0.717) is 24.3 Å². The van der Waals surface area contributed by atoms with Gasteiger partial charge in [-0.15, -0.1) is 0 Å². The van der Waals surface area contributed by atoms with Crippen molar-refractivity contribution >= 4 is 23.5 Å². The average molecular weight is 557 g/mol. The van der Waals surface area contributed by atoms with Gasteiger partial charge in [0.15, 0.2) is 0 Å². The van der Waals surface area contributed by atoms with E-state index in [9.17, 15) is 14.4 Å². The molecular weight excluding hydrogens is 516 g/mol. The van der Waals surface area contributed by atoms with Gasteiger partial charge in [0.05, 0.1) is 5.54 Å². The molecule has 2 heterocycles. The number of benzene rings is 2. The van der Waals surface area contributed by atoms with Crippen LogP contribution < -0.4 is 10.6 Å². The van der Waals surface area contributed by atoms with E-state index in [1.807, 2.05) is 49.4 Å². The SMILES string of the molecule is CCN(C)C(=O)Nc1ccc(CNC(=O)c2ccc3n2CCN(Cc2ccc(C(=O)N(C)C)cc2)C32CCC2)cc1. The normalized spacial score (nSPS) is 15.5. The van der Waals surface area contributed by atoms with Gasteiger partial charge >= 0.3 is 6.03 Å². The van der Waals surface area contributed by atoms with Gasteiger partial charge in [-0.1, -0.05) is 24.3 Å². The summed E-state index contributed by atoms with van der Waals surface area (Å²) in [6.07, 6.45) is 3.32. The molecule has 4 amide bonds. The molecule has 2 aliphatic rings. The van der Waals surface area contributed by atoms with Crippen molar-refractivity contribution in [3.8, 4) is 0 Å². The maximum Gasteiger partial charge on any atom is 0.321 e. The second kappa shape index (κ2) is 11.8. The minimum Gasteiger partial charge on any atom is -0.347 e. The van der Waals surface area contributed by atoms with Crippen molar-refractivity contribution in [2.45, 2.75) is 51.4 Å². The number of aromatic nitrogens is 1. The molecule has 3 aromatic rings. The summed E-state index contributed by atoms with van der Waals surface area (Å²) in [5.41, 5.74) is 5.43. The van der Waals surface area contributed by atoms with Crippen LogP contribution in [0.15, 0.2) is 60.7 Å². The Morgan fingerprint density at radius 3 is 2.17 bits per heavy atom. The lowest BCUT2D eigenvalue weighted by Gasteiger charge is -2.53. The minimum atomic E-state index is -0.149. The molecule has 5 rings (SSSR count). The molecule has 0 radical (unpaired) electrons. The third kappa shape index (κ3) is 5.72. The molecule has 41 heavy (non-hydrogen) atoms. The lowest BCUT2D eigenvalue weighted by atomic mass is 9.71. The van der Waals surface area contributed by atoms with E-state index in [0.717, 1.165) is 43.7 Å². The second-order valence-corrected chi connectivity index (χ2v) is 11.3. The standard InChI is InChI=1S/C32H40N6O3/c1-5-36(4)31(41)34-26-13-9-23(10-14-26)21-33-29(39)27-15-16-28-32(17-6-18-32)37(19-20-38(27)28)22-24-7-11-25(12-8-24)30(40)35(2)3/h7-16H,5-6,17-22H2,1-4H3,(H,33,39)(H,34,41). The number of carbonyl (C=O) groups is 3. The topological polar surface area (TPSA) is 89.9 Å². The van der Waals surface area contributed by atoms with Crippen LogP contribution in [-0.2, 0) is 25.2 Å². The van der Waals surface area contributed by atoms with Gasteiger partial charge in [-0.3, -0.25) is 14.5 Å². The predicted octanol–water partition coefficient (Wildman–Crippen LogP) is 4.50. The van der Waals surface area contributed by atoms with E-state index in [-0.39, 0.29) is 23.4 Å². The summed E-state index contributed by atoms with van der Waals surface area (Å²) in [5, 5.41) is 5.94. The van der Waals surface area contributed by atoms with Gasteiger partial charge in [0.25, 0.3) is 11.8 Å². The first-order valence-electron chi connectivity index (χ1n) is 14.4. The number of rotatable bonds is 8. The number of carbonyl (C=O) groups excluding carboxylic acids is 3. The number of hydrogen-bond donors (Lipinski definition) is 2. The minimum absolute atomic E-state index is 0.00886. The van der Waals surface area contributed by atoms with Crippen LogP contribution in [0.3, 0.4) is 0 Å². The Hall–Kier alpha value is -4.11. The van der Waals surface area contributed by atoms with Crippen molar-refractivity contribution in [3.05, 3.63) is 88.7 Å². The zero-order valence-electron chi connectivity index (χ0n) is 24.4. The lowest BCUT2D eigenvalue weighted by Crippen LogP contribution is -2.56. The summed E-state index contributed by atoms with van der Waals surface area (Å²) < 4.78 is 2.20. The zero-order chi connectivity index (χ0) is 29.1. The molecule has 1 aliphatic heterocycles. The molecule has 9 nitrogen and oxygen atoms in total. The van der Waals surface area contributed by atoms with Gasteiger partial charge in [0.1, 0.15) is 5.69 Å². The summed E-state index contributed by atoms with van der Waals surface area (Å²) >= 11 is 0. The maximum absolute atomic E-state index is 13.3. The smallest absolute Gasteiger partial charge is 0.321 e. The van der Waals surface area contributed by atoms with Gasteiger partial charge < -0.3 is 25.0 Å². The van der Waals surface area contributed by atoms with Crippen LogP contribution in [0.25, 0.3) is 0 Å². The number of anilines is 1. The van der Waals surface area contributed by atoms with Crippen molar-refractivity contribution in [1.82, 2.24) is 24.6 Å². The molecule has 0 atom stereocenters. The van der Waals surface area contributed by atoms with Crippen LogP contribution in [0.4, 0.5) is 10.5 Å². The van der Waals surface area contributed by atoms with Gasteiger partial charge in [0.2, 0.25) is 0 Å². The number of urea groups is 1. The van der Waals surface area contributed by atoms with E-state index in [1.54, 1.807) is 30.9 Å². The summed E-state index contributed by atoms with van der Waals surface area (Å²) in [4.78, 5) is 43.3. The van der Waals surface area contributed by atoms with Gasteiger partial charge in [-0.2, -0.15) is 0 Å². The lowest BCUT2D eigenvalue weighted by molar-refractivity contribution is -0.0217. The second-order valence-electron chi connectivity index (χ2n) is 11.3. The molecule has 0 saturated heterocycles. The van der Waals surface area contributed by atoms with Gasteiger partial charge in [-0.25, -0.2) is 4.79 Å². The van der Waals surface area contributed by atoms with E-state index in [4.69, 9.17) is 0 Å². The Balaban J connectivity index is 1.23. The Labute approximate surface area is 242 Å². The Bertz CT molecular complexity index is 1410. The first kappa shape index (κ1) is 28.4. The molecule has 0 unspecified atom stereocenters. The molecular formula is C32H40N6O3. The highest BCUT2D eigenvalue weighted by molar-refractivity contribution is 5.94. The molecule has 2 aromatic carbocycles. The molecule has 1 fully saturated rings. The Morgan fingerprint density at radius 1 is 0.878 bits per heavy atom. The largest absolute Gasteiger partial charge is 0.347 e. The number of amides is 4. The molecule has 1 aromatic heterocycles. The number of nitrogens with one attached hydrogen (secondary N) is 2. The molecule has 1 saturated carbocycles. The number of hydrogen-bond acceptors (Lipinski definition) is 4. The van der Waals surface area contributed by atoms with Crippen LogP contribution in [-0.4, -0.2) is 71.3 Å². The summed E-state index contributed by atoms with van der Waals surface area (Å²) in [6, 6.07) is 19.4. The van der Waals surface area contributed by atoms with Gasteiger partial charge in [0, 0.05) is 70.8 Å². The van der Waals surface area contributed by atoms with Crippen LogP contribution in [0.2, 0.25) is 0 Å². The third-order valence-electron chi connectivity index (χ3n) is 8.53. The van der Waals surface area contributed by atoms with E-state index >= 15 is 0 Å². The van der Waals surface area contributed by atoms with Crippen molar-refractivity contribution in [2.24, 2.45) is 0 Å². The molecule has 9 heteroatoms. The first-order valence-corrected chi connectivity index (χ1v) is 14.4. The number of fused-ring (bicyclic) bond motifs is 2.